The van der Waals surface area contributed by atoms with Crippen LogP contribution in [0.5, 0.6) is 0 Å². The maximum absolute atomic E-state index is 11.5. The van der Waals surface area contributed by atoms with E-state index in [1.165, 1.54) is 0 Å². The number of carboxylic acids is 1. The molecule has 1 unspecified atom stereocenters. The Morgan fingerprint density at radius 1 is 1.41 bits per heavy atom. The van der Waals surface area contributed by atoms with Crippen LogP contribution in [0.15, 0.2) is 0 Å². The summed E-state index contributed by atoms with van der Waals surface area (Å²) < 4.78 is 0. The minimum atomic E-state index is -0.949. The van der Waals surface area contributed by atoms with Crippen molar-refractivity contribution in [1.82, 2.24) is 10.6 Å². The summed E-state index contributed by atoms with van der Waals surface area (Å²) in [5, 5.41) is 13.7. The van der Waals surface area contributed by atoms with E-state index in [-0.39, 0.29) is 23.3 Å². The summed E-state index contributed by atoms with van der Waals surface area (Å²) in [6, 6.07) is -0.476. The zero-order chi connectivity index (χ0) is 12.7. The molecule has 0 bridgehead atoms. The van der Waals surface area contributed by atoms with Crippen molar-refractivity contribution in [3.05, 3.63) is 0 Å². The van der Waals surface area contributed by atoms with Crippen LogP contribution >= 0.6 is 11.8 Å². The molecule has 1 atom stereocenters. The number of thioether (sulfide) groups is 1. The number of carbonyl (C=O) groups is 3. The second-order valence-corrected chi connectivity index (χ2v) is 4.78. The molecule has 1 aliphatic heterocycles. The van der Waals surface area contributed by atoms with Crippen LogP contribution in [-0.2, 0) is 14.4 Å². The molecule has 1 aliphatic rings. The van der Waals surface area contributed by atoms with Gasteiger partial charge in [0.2, 0.25) is 11.8 Å². The summed E-state index contributed by atoms with van der Waals surface area (Å²) in [6.45, 7) is 0.652. The number of carboxylic acid groups (broad SMARTS) is 1. The summed E-state index contributed by atoms with van der Waals surface area (Å²) in [7, 11) is 0. The van der Waals surface area contributed by atoms with E-state index in [1.54, 1.807) is 0 Å². The van der Waals surface area contributed by atoms with E-state index in [4.69, 9.17) is 5.11 Å². The normalized spacial score (nSPS) is 20.2. The molecule has 0 aromatic carbocycles. The van der Waals surface area contributed by atoms with Crippen molar-refractivity contribution >= 4 is 29.5 Å². The Hall–Kier alpha value is -1.24. The Morgan fingerprint density at radius 3 is 2.88 bits per heavy atom. The van der Waals surface area contributed by atoms with E-state index in [9.17, 15) is 14.4 Å². The number of nitrogens with one attached hydrogen (secondary N) is 2. The largest absolute Gasteiger partial charge is 0.481 e. The van der Waals surface area contributed by atoms with Crippen molar-refractivity contribution in [1.29, 1.82) is 0 Å². The van der Waals surface area contributed by atoms with Gasteiger partial charge in [-0.05, 0) is 19.3 Å². The van der Waals surface area contributed by atoms with E-state index in [2.05, 4.69) is 10.6 Å². The summed E-state index contributed by atoms with van der Waals surface area (Å²) in [6.07, 6.45) is 2.46. The van der Waals surface area contributed by atoms with Crippen LogP contribution in [0.1, 0.15) is 19.3 Å². The predicted molar refractivity (Wildman–Crippen MR) is 63.8 cm³/mol. The third-order valence-electron chi connectivity index (χ3n) is 2.33. The average Bonchev–Trinajstić information content (AvgIpc) is 2.44. The van der Waals surface area contributed by atoms with Gasteiger partial charge in [-0.15, -0.1) is 11.8 Å². The van der Waals surface area contributed by atoms with Crippen LogP contribution in [0.4, 0.5) is 0 Å². The van der Waals surface area contributed by atoms with Gasteiger partial charge in [-0.25, -0.2) is 0 Å². The lowest BCUT2D eigenvalue weighted by atomic mass is 10.1. The maximum Gasteiger partial charge on any atom is 0.313 e. The van der Waals surface area contributed by atoms with Gasteiger partial charge in [-0.1, -0.05) is 0 Å². The van der Waals surface area contributed by atoms with Gasteiger partial charge in [-0.3, -0.25) is 14.4 Å². The van der Waals surface area contributed by atoms with Gasteiger partial charge in [0.25, 0.3) is 0 Å². The fraction of sp³-hybridized carbons (Fsp3) is 0.700. The van der Waals surface area contributed by atoms with Gasteiger partial charge >= 0.3 is 5.97 Å². The first-order valence-corrected chi connectivity index (χ1v) is 6.61. The fourth-order valence-corrected chi connectivity index (χ4v) is 2.09. The molecule has 1 heterocycles. The molecule has 1 saturated heterocycles. The van der Waals surface area contributed by atoms with Gasteiger partial charge in [0, 0.05) is 6.54 Å². The highest BCUT2D eigenvalue weighted by Gasteiger charge is 2.22. The summed E-state index contributed by atoms with van der Waals surface area (Å²) in [4.78, 5) is 33.2. The third-order valence-corrected chi connectivity index (χ3v) is 3.25. The van der Waals surface area contributed by atoms with Crippen LogP contribution in [0.3, 0.4) is 0 Å². The van der Waals surface area contributed by atoms with Gasteiger partial charge in [0.05, 0.1) is 11.5 Å². The van der Waals surface area contributed by atoms with Crippen molar-refractivity contribution in [2.75, 3.05) is 18.1 Å². The molecule has 0 aromatic heterocycles. The molecule has 1 rings (SSSR count). The summed E-state index contributed by atoms with van der Waals surface area (Å²) in [5.74, 6) is -1.44. The Labute approximate surface area is 104 Å². The molecular formula is C10H16N2O4S. The first kappa shape index (κ1) is 13.8. The second kappa shape index (κ2) is 7.16. The Balaban J connectivity index is 2.28. The molecule has 0 radical (unpaired) electrons. The fourth-order valence-electron chi connectivity index (χ4n) is 1.54. The maximum atomic E-state index is 11.5. The molecule has 3 N–H and O–H groups in total. The average molecular weight is 260 g/mol. The summed E-state index contributed by atoms with van der Waals surface area (Å²) >= 11 is 1.02. The van der Waals surface area contributed by atoms with Crippen molar-refractivity contribution in [3.63, 3.8) is 0 Å². The highest BCUT2D eigenvalue weighted by Crippen LogP contribution is 2.06. The van der Waals surface area contributed by atoms with Crippen LogP contribution < -0.4 is 10.6 Å². The number of aliphatic carboxylic acids is 1. The topological polar surface area (TPSA) is 95.5 Å². The Kier molecular flexibility index (Phi) is 5.82. The van der Waals surface area contributed by atoms with Crippen molar-refractivity contribution in [2.45, 2.75) is 25.3 Å². The molecular weight excluding hydrogens is 244 g/mol. The smallest absolute Gasteiger partial charge is 0.313 e. The molecule has 17 heavy (non-hydrogen) atoms. The number of hydrogen-bond acceptors (Lipinski definition) is 4. The van der Waals surface area contributed by atoms with Crippen molar-refractivity contribution in [3.8, 4) is 0 Å². The van der Waals surface area contributed by atoms with Gasteiger partial charge in [0.15, 0.2) is 0 Å². The van der Waals surface area contributed by atoms with E-state index in [1.807, 2.05) is 0 Å². The number of rotatable bonds is 5. The number of carbonyl (C=O) groups excluding carboxylic acids is 2. The SMILES string of the molecule is O=C(O)CSCC(=O)NC1CCCCNC1=O. The minimum Gasteiger partial charge on any atom is -0.481 e. The van der Waals surface area contributed by atoms with E-state index in [0.717, 1.165) is 24.6 Å². The van der Waals surface area contributed by atoms with Gasteiger partial charge in [0.1, 0.15) is 6.04 Å². The van der Waals surface area contributed by atoms with Crippen LogP contribution in [-0.4, -0.2) is 47.0 Å². The lowest BCUT2D eigenvalue weighted by Crippen LogP contribution is -2.46. The molecule has 0 aliphatic carbocycles. The highest BCUT2D eigenvalue weighted by atomic mass is 32.2. The molecule has 6 nitrogen and oxygen atoms in total. The molecule has 1 fully saturated rings. The quantitative estimate of drug-likeness (QED) is 0.624. The third kappa shape index (κ3) is 5.58. The summed E-state index contributed by atoms with van der Waals surface area (Å²) in [5.41, 5.74) is 0. The van der Waals surface area contributed by atoms with E-state index < -0.39 is 12.0 Å². The molecule has 0 aromatic rings. The standard InChI is InChI=1S/C10H16N2O4S/c13-8(5-17-6-9(14)15)12-7-3-1-2-4-11-10(7)16/h7H,1-6H2,(H,11,16)(H,12,13)(H,14,15). The molecule has 96 valence electrons. The Morgan fingerprint density at radius 2 is 2.18 bits per heavy atom. The first-order chi connectivity index (χ1) is 8.09. The predicted octanol–water partition coefficient (Wildman–Crippen LogP) is -0.411. The second-order valence-electron chi connectivity index (χ2n) is 3.79. The molecule has 0 spiro atoms. The Bertz CT molecular complexity index is 309. The lowest BCUT2D eigenvalue weighted by molar-refractivity contribution is -0.134. The zero-order valence-corrected chi connectivity index (χ0v) is 10.2. The van der Waals surface area contributed by atoms with Crippen LogP contribution in [0.25, 0.3) is 0 Å². The molecule has 2 amide bonds. The zero-order valence-electron chi connectivity index (χ0n) is 9.40. The van der Waals surface area contributed by atoms with Gasteiger partial charge in [-0.2, -0.15) is 0 Å². The van der Waals surface area contributed by atoms with Crippen molar-refractivity contribution in [2.24, 2.45) is 0 Å². The molecule has 7 heteroatoms. The monoisotopic (exact) mass is 260 g/mol. The first-order valence-electron chi connectivity index (χ1n) is 5.46. The van der Waals surface area contributed by atoms with Crippen molar-refractivity contribution < 1.29 is 19.5 Å². The minimum absolute atomic E-state index is 0.0656. The lowest BCUT2D eigenvalue weighted by Gasteiger charge is -2.14. The van der Waals surface area contributed by atoms with Gasteiger partial charge < -0.3 is 15.7 Å². The number of amides is 2. The van der Waals surface area contributed by atoms with E-state index >= 15 is 0 Å². The van der Waals surface area contributed by atoms with Crippen LogP contribution in [0, 0.1) is 0 Å². The molecule has 0 saturated carbocycles. The van der Waals surface area contributed by atoms with Crippen LogP contribution in [0.2, 0.25) is 0 Å². The number of hydrogen-bond donors (Lipinski definition) is 3. The highest BCUT2D eigenvalue weighted by molar-refractivity contribution is 8.00. The van der Waals surface area contributed by atoms with E-state index in [0.29, 0.717) is 13.0 Å².